The van der Waals surface area contributed by atoms with E-state index in [9.17, 15) is 9.59 Å². The third-order valence-corrected chi connectivity index (χ3v) is 20.1. The van der Waals surface area contributed by atoms with Gasteiger partial charge in [0, 0.05) is 87.3 Å². The highest BCUT2D eigenvalue weighted by Crippen LogP contribution is 2.41. The van der Waals surface area contributed by atoms with Crippen LogP contribution in [0.1, 0.15) is 97.8 Å². The molecule has 2 saturated heterocycles. The molecule has 23 nitrogen and oxygen atoms in total. The number of fused-ring (bicyclic) bond motifs is 2. The molecule has 14 rings (SSSR count). The van der Waals surface area contributed by atoms with Gasteiger partial charge in [-0.05, 0) is 112 Å². The van der Waals surface area contributed by atoms with Crippen molar-refractivity contribution in [3.63, 3.8) is 0 Å². The monoisotopic (exact) mass is 1360 g/mol. The first kappa shape index (κ1) is 67.1. The first-order valence-corrected chi connectivity index (χ1v) is 34.3. The van der Waals surface area contributed by atoms with E-state index in [0.717, 1.165) is 171 Å². The molecule has 7 heterocycles. The lowest BCUT2D eigenvalue weighted by Crippen LogP contribution is -2.49. The number of benzene rings is 5. The number of nitrogens with zero attached hydrogens (tertiary/aromatic N) is 13. The highest BCUT2D eigenvalue weighted by atomic mass is 35.5. The van der Waals surface area contributed by atoms with E-state index in [1.54, 1.807) is 32.4 Å². The Morgan fingerprint density at radius 3 is 1.32 bits per heavy atom. The van der Waals surface area contributed by atoms with Crippen molar-refractivity contribution in [2.45, 2.75) is 87.6 Å². The molecule has 2 aliphatic heterocycles. The van der Waals surface area contributed by atoms with Gasteiger partial charge >= 0.3 is 12.1 Å². The lowest BCUT2D eigenvalue weighted by Gasteiger charge is -2.41. The lowest BCUT2D eigenvalue weighted by molar-refractivity contribution is 0.0815. The molecule has 2 saturated carbocycles. The number of carbonyl (C=O) groups is 2. The molecule has 5 aromatic heterocycles. The van der Waals surface area contributed by atoms with Crippen LogP contribution in [0.3, 0.4) is 0 Å². The molecule has 4 aliphatic rings. The minimum atomic E-state index is -0.439. The van der Waals surface area contributed by atoms with E-state index in [0.29, 0.717) is 46.6 Å². The van der Waals surface area contributed by atoms with Crippen LogP contribution in [0.4, 0.5) is 32.6 Å². The maximum atomic E-state index is 13.4. The summed E-state index contributed by atoms with van der Waals surface area (Å²) in [6.45, 7) is 9.10. The number of ether oxygens (including phenoxy) is 2. The normalized spacial score (nSPS) is 19.4. The van der Waals surface area contributed by atoms with Crippen LogP contribution in [-0.2, 0) is 0 Å². The number of carbonyl (C=O) groups excluding carboxylic acids is 2. The van der Waals surface area contributed by atoms with Crippen molar-refractivity contribution in [3.8, 4) is 34.0 Å². The fourth-order valence-electron chi connectivity index (χ4n) is 14.3. The Kier molecular flexibility index (Phi) is 20.9. The van der Waals surface area contributed by atoms with Crippen molar-refractivity contribution in [1.82, 2.24) is 74.7 Å². The van der Waals surface area contributed by atoms with Gasteiger partial charge in [-0.2, -0.15) is 10.2 Å². The highest BCUT2D eigenvalue weighted by Gasteiger charge is 2.34. The van der Waals surface area contributed by atoms with Gasteiger partial charge in [-0.3, -0.25) is 9.80 Å². The van der Waals surface area contributed by atoms with Gasteiger partial charge in [0.05, 0.1) is 54.8 Å². The van der Waals surface area contributed by atoms with E-state index in [1.807, 2.05) is 109 Å². The van der Waals surface area contributed by atoms with E-state index < -0.39 is 18.1 Å². The summed E-state index contributed by atoms with van der Waals surface area (Å²) in [5.41, 5.74) is 22.4. The van der Waals surface area contributed by atoms with Crippen LogP contribution in [-0.4, -0.2) is 169 Å². The number of hydrogen-bond donors (Lipinski definition) is 6. The van der Waals surface area contributed by atoms with Gasteiger partial charge in [0.15, 0.2) is 11.3 Å². The summed E-state index contributed by atoms with van der Waals surface area (Å²) in [5, 5.41) is 24.2. The van der Waals surface area contributed by atoms with Crippen molar-refractivity contribution in [3.05, 3.63) is 185 Å². The molecule has 0 spiro atoms. The number of amides is 4. The number of piperazine rings is 2. The molecule has 2 unspecified atom stereocenters. The Bertz CT molecular complexity index is 4340. The minimum absolute atomic E-state index is 0.187. The fourth-order valence-corrected chi connectivity index (χ4v) is 14.8. The number of aromatic nitrogens is 9. The van der Waals surface area contributed by atoms with Crippen LogP contribution in [0.25, 0.3) is 44.6 Å². The quantitative estimate of drug-likeness (QED) is 0.0491. The Hall–Kier alpha value is -9.49. The summed E-state index contributed by atoms with van der Waals surface area (Å²) < 4.78 is 15.0. The number of hydrogen-bond acceptors (Lipinski definition) is 17. The summed E-state index contributed by atoms with van der Waals surface area (Å²) in [5.74, 6) is 1.96. The second-order valence-electron chi connectivity index (χ2n) is 25.8. The van der Waals surface area contributed by atoms with E-state index in [2.05, 4.69) is 89.2 Å². The minimum Gasteiger partial charge on any atom is -0.497 e. The van der Waals surface area contributed by atoms with Crippen LogP contribution in [0.15, 0.2) is 152 Å². The molecule has 508 valence electrons. The zero-order chi connectivity index (χ0) is 67.8. The Labute approximate surface area is 580 Å². The molecule has 0 radical (unpaired) electrons. The van der Waals surface area contributed by atoms with Gasteiger partial charge < -0.3 is 52.0 Å². The van der Waals surface area contributed by atoms with Crippen LogP contribution < -0.4 is 42.2 Å². The van der Waals surface area contributed by atoms with Crippen LogP contribution in [0, 0.1) is 0 Å². The SMILES string of the molecule is CN1CCN(C2CCC(n3nc(-c4ccc(C(NC(=O)Nc5cc(Cl)nc(Cl)c5)c5ccccc5)cc4)c4c(N)ncnc43)CC2)CC1.COc1ccc(OC)c(NC(=O)NC(c2ccccc2)c2ccc(-c3nn(C4CCC(N5CCN(C)CC5)CC4)c4ncnc(N)c34)cc2)c1. The Morgan fingerprint density at radius 2 is 0.898 bits per heavy atom. The standard InChI is InChI=1S/C38H45N9O3.C35H38Cl2N10O/c1-45-19-21-46(22-20-45)28-13-15-29(16-14-28)47-37-33(36(39)40-24-41-37)35(44-47)27-11-9-26(10-12-27)34(25-7-5-4-6-8-25)43-38(48)42-31-23-30(49-2)17-18-32(31)50-3;1-45-15-17-46(18-16-45)26-11-13-27(14-12-26)47-34-30(33(38)39-21-40-34)32(44-47)24-9-7-23(8-10-24)31(22-5-3-2-4-6-22)43-35(48)41-25-19-28(36)42-29(37)20-25/h4-12,17-18,23-24,28-29,34H,13-16,19-22H2,1-3H3,(H2,39,40,41)(H2,42,43,48);2-10,19-21,26-27,31H,11-18H2,1H3,(H2,38,39,40)(H2,41,42,43,48). The fraction of sp³-hybridized carbons (Fsp3) is 0.356. The predicted molar refractivity (Wildman–Crippen MR) is 386 cm³/mol. The van der Waals surface area contributed by atoms with Crippen LogP contribution in [0.2, 0.25) is 10.3 Å². The van der Waals surface area contributed by atoms with Gasteiger partial charge in [-0.1, -0.05) is 132 Å². The van der Waals surface area contributed by atoms with Crippen molar-refractivity contribution in [1.29, 1.82) is 0 Å². The molecule has 2 atom stereocenters. The zero-order valence-electron chi connectivity index (χ0n) is 55.6. The second-order valence-corrected chi connectivity index (χ2v) is 26.6. The molecule has 0 bridgehead atoms. The average molecular weight is 1360 g/mol. The predicted octanol–water partition coefficient (Wildman–Crippen LogP) is 12.2. The Morgan fingerprint density at radius 1 is 0.490 bits per heavy atom. The molecular weight excluding hydrogens is 1280 g/mol. The topological polar surface area (TPSA) is 266 Å². The van der Waals surface area contributed by atoms with Crippen LogP contribution in [0.5, 0.6) is 11.5 Å². The lowest BCUT2D eigenvalue weighted by atomic mass is 9.90. The number of halogens is 2. The van der Waals surface area contributed by atoms with Crippen LogP contribution >= 0.6 is 23.2 Å². The first-order chi connectivity index (χ1) is 47.7. The largest absolute Gasteiger partial charge is 0.497 e. The van der Waals surface area contributed by atoms with E-state index >= 15 is 0 Å². The van der Waals surface area contributed by atoms with Crippen molar-refractivity contribution >= 4 is 80.3 Å². The van der Waals surface area contributed by atoms with Crippen molar-refractivity contribution in [2.24, 2.45) is 0 Å². The summed E-state index contributed by atoms with van der Waals surface area (Å²) in [4.78, 5) is 58.7. The number of likely N-dealkylation sites (N-methyl/N-ethyl adjacent to an activating group) is 2. The number of pyridine rings is 1. The van der Waals surface area contributed by atoms with Crippen molar-refractivity contribution in [2.75, 3.05) is 103 Å². The van der Waals surface area contributed by atoms with E-state index in [1.165, 1.54) is 24.8 Å². The van der Waals surface area contributed by atoms with Gasteiger partial charge in [0.2, 0.25) is 0 Å². The number of urea groups is 2. The summed E-state index contributed by atoms with van der Waals surface area (Å²) in [6, 6.07) is 44.2. The maximum Gasteiger partial charge on any atom is 0.320 e. The molecule has 98 heavy (non-hydrogen) atoms. The number of anilines is 4. The second kappa shape index (κ2) is 30.5. The number of methoxy groups -OCH3 is 2. The number of rotatable bonds is 16. The van der Waals surface area contributed by atoms with Gasteiger partial charge in [-0.15, -0.1) is 0 Å². The van der Waals surface area contributed by atoms with Gasteiger partial charge in [0.1, 0.15) is 57.5 Å². The van der Waals surface area contributed by atoms with E-state index in [4.69, 9.17) is 54.3 Å². The highest BCUT2D eigenvalue weighted by molar-refractivity contribution is 6.33. The molecule has 10 aromatic rings. The Balaban J connectivity index is 0.000000177. The molecule has 4 amide bonds. The summed E-state index contributed by atoms with van der Waals surface area (Å²) in [6.07, 6.45) is 11.8. The molecule has 2 aliphatic carbocycles. The smallest absolute Gasteiger partial charge is 0.320 e. The van der Waals surface area contributed by atoms with Gasteiger partial charge in [0.25, 0.3) is 0 Å². The number of nitrogen functional groups attached to an aromatic ring is 2. The van der Waals surface area contributed by atoms with E-state index in [-0.39, 0.29) is 28.4 Å². The third-order valence-electron chi connectivity index (χ3n) is 19.7. The molecule has 4 fully saturated rings. The molecule has 8 N–H and O–H groups in total. The maximum absolute atomic E-state index is 13.4. The third kappa shape index (κ3) is 15.3. The van der Waals surface area contributed by atoms with Gasteiger partial charge in [-0.25, -0.2) is 43.9 Å². The van der Waals surface area contributed by atoms with Crippen molar-refractivity contribution < 1.29 is 19.1 Å². The average Bonchev–Trinajstić information content (AvgIpc) is 1.61. The number of nitrogens with two attached hydrogens (primary N) is 2. The number of nitrogens with one attached hydrogen (secondary N) is 4. The summed E-state index contributed by atoms with van der Waals surface area (Å²) in [7, 11) is 7.54. The molecule has 5 aromatic carbocycles. The molecule has 25 heteroatoms. The summed E-state index contributed by atoms with van der Waals surface area (Å²) >= 11 is 12.1. The molecular formula is C73H83Cl2N19O4. The first-order valence-electron chi connectivity index (χ1n) is 33.6. The zero-order valence-corrected chi connectivity index (χ0v) is 57.1.